The molecule has 0 amide bonds. The SMILES string of the molecule is Cc1cc(C)n(-c2nc3c(c(=O)[nH]c(=O)n3C)n2C[C@H](O)c2ccccc2)n1. The van der Waals surface area contributed by atoms with Crippen LogP contribution in [0.3, 0.4) is 0 Å². The van der Waals surface area contributed by atoms with Gasteiger partial charge in [0.25, 0.3) is 5.56 Å². The summed E-state index contributed by atoms with van der Waals surface area (Å²) in [5, 5.41) is 15.2. The molecule has 0 radical (unpaired) electrons. The number of H-pyrrole nitrogens is 1. The number of nitrogens with zero attached hydrogens (tertiary/aromatic N) is 5. The smallest absolute Gasteiger partial charge is 0.329 e. The second kappa shape index (κ2) is 6.61. The number of benzene rings is 1. The lowest BCUT2D eigenvalue weighted by Gasteiger charge is -2.15. The summed E-state index contributed by atoms with van der Waals surface area (Å²) in [5.41, 5.74) is 1.66. The summed E-state index contributed by atoms with van der Waals surface area (Å²) in [5.74, 6) is 0.363. The highest BCUT2D eigenvalue weighted by atomic mass is 16.3. The van der Waals surface area contributed by atoms with Gasteiger partial charge in [0.05, 0.1) is 18.3 Å². The summed E-state index contributed by atoms with van der Waals surface area (Å²) in [6.45, 7) is 3.81. The molecule has 0 aliphatic heterocycles. The topological polar surface area (TPSA) is 111 Å². The van der Waals surface area contributed by atoms with Gasteiger partial charge in [-0.25, -0.2) is 9.48 Å². The highest BCUT2D eigenvalue weighted by Gasteiger charge is 2.22. The van der Waals surface area contributed by atoms with E-state index in [-0.39, 0.29) is 17.7 Å². The Balaban J connectivity index is 1.98. The van der Waals surface area contributed by atoms with Gasteiger partial charge in [0.2, 0.25) is 5.95 Å². The van der Waals surface area contributed by atoms with Crippen molar-refractivity contribution in [1.82, 2.24) is 28.9 Å². The van der Waals surface area contributed by atoms with Crippen LogP contribution in [-0.4, -0.2) is 34.0 Å². The van der Waals surface area contributed by atoms with Crippen LogP contribution < -0.4 is 11.2 Å². The van der Waals surface area contributed by atoms with Crippen LogP contribution >= 0.6 is 0 Å². The Morgan fingerprint density at radius 3 is 2.54 bits per heavy atom. The number of aromatic amines is 1. The van der Waals surface area contributed by atoms with E-state index in [0.717, 1.165) is 11.4 Å². The standard InChI is InChI=1S/C19H20N6O3/c1-11-9-12(2)25(22-11)18-20-16-15(17(27)21-19(28)23(16)3)24(18)10-14(26)13-7-5-4-6-8-13/h4-9,14,26H,10H2,1-3H3,(H,21,27,28)/t14-/m0/s1. The number of nitrogens with one attached hydrogen (secondary N) is 1. The molecule has 0 saturated carbocycles. The average molecular weight is 380 g/mol. The third kappa shape index (κ3) is 2.85. The number of hydrogen-bond acceptors (Lipinski definition) is 5. The van der Waals surface area contributed by atoms with Gasteiger partial charge >= 0.3 is 5.69 Å². The van der Waals surface area contributed by atoms with Gasteiger partial charge in [0.1, 0.15) is 0 Å². The molecule has 0 saturated heterocycles. The van der Waals surface area contributed by atoms with Crippen molar-refractivity contribution in [2.45, 2.75) is 26.5 Å². The second-order valence-electron chi connectivity index (χ2n) is 6.78. The molecule has 3 aromatic heterocycles. The minimum atomic E-state index is -0.869. The number of aliphatic hydroxyl groups excluding tert-OH is 1. The van der Waals surface area contributed by atoms with Crippen LogP contribution in [0.2, 0.25) is 0 Å². The first-order chi connectivity index (χ1) is 13.4. The van der Waals surface area contributed by atoms with Gasteiger partial charge in [-0.2, -0.15) is 10.1 Å². The molecule has 4 rings (SSSR count). The summed E-state index contributed by atoms with van der Waals surface area (Å²) in [7, 11) is 1.54. The lowest BCUT2D eigenvalue weighted by atomic mass is 10.1. The molecule has 4 aromatic rings. The number of aliphatic hydroxyl groups is 1. The highest BCUT2D eigenvalue weighted by Crippen LogP contribution is 2.22. The average Bonchev–Trinajstić information content (AvgIpc) is 3.20. The summed E-state index contributed by atoms with van der Waals surface area (Å²) in [6.07, 6.45) is -0.869. The van der Waals surface area contributed by atoms with E-state index in [1.807, 2.05) is 50.2 Å². The van der Waals surface area contributed by atoms with Crippen LogP contribution in [0.5, 0.6) is 0 Å². The largest absolute Gasteiger partial charge is 0.387 e. The molecular weight excluding hydrogens is 360 g/mol. The molecule has 3 heterocycles. The molecule has 0 spiro atoms. The Kier molecular flexibility index (Phi) is 4.23. The maximum absolute atomic E-state index is 12.6. The van der Waals surface area contributed by atoms with E-state index in [4.69, 9.17) is 0 Å². The molecule has 0 unspecified atom stereocenters. The maximum Gasteiger partial charge on any atom is 0.329 e. The van der Waals surface area contributed by atoms with Crippen molar-refractivity contribution in [2.24, 2.45) is 7.05 Å². The van der Waals surface area contributed by atoms with E-state index >= 15 is 0 Å². The molecule has 1 atom stereocenters. The Labute approximate surface area is 159 Å². The summed E-state index contributed by atoms with van der Waals surface area (Å²) < 4.78 is 4.49. The van der Waals surface area contributed by atoms with Crippen LogP contribution in [0.25, 0.3) is 17.1 Å². The van der Waals surface area contributed by atoms with Crippen molar-refractivity contribution < 1.29 is 5.11 Å². The van der Waals surface area contributed by atoms with Gasteiger partial charge in [-0.3, -0.25) is 18.9 Å². The van der Waals surface area contributed by atoms with Crippen molar-refractivity contribution in [1.29, 1.82) is 0 Å². The molecular formula is C19H20N6O3. The Bertz CT molecular complexity index is 1280. The normalized spacial score (nSPS) is 12.6. The van der Waals surface area contributed by atoms with Crippen molar-refractivity contribution in [3.8, 4) is 5.95 Å². The predicted octanol–water partition coefficient (Wildman–Crippen LogP) is 0.959. The fourth-order valence-electron chi connectivity index (χ4n) is 3.34. The number of aryl methyl sites for hydroxylation is 3. The zero-order valence-electron chi connectivity index (χ0n) is 15.7. The quantitative estimate of drug-likeness (QED) is 0.548. The first-order valence-electron chi connectivity index (χ1n) is 8.83. The fourth-order valence-corrected chi connectivity index (χ4v) is 3.34. The molecule has 0 fully saturated rings. The monoisotopic (exact) mass is 380 g/mol. The van der Waals surface area contributed by atoms with Crippen LogP contribution in [0, 0.1) is 13.8 Å². The van der Waals surface area contributed by atoms with Gasteiger partial charge in [0, 0.05) is 12.7 Å². The third-order valence-electron chi connectivity index (χ3n) is 4.73. The third-order valence-corrected chi connectivity index (χ3v) is 4.73. The minimum absolute atomic E-state index is 0.0788. The van der Waals surface area contributed by atoms with Crippen LogP contribution in [-0.2, 0) is 13.6 Å². The lowest BCUT2D eigenvalue weighted by Crippen LogP contribution is -2.29. The van der Waals surface area contributed by atoms with Crippen molar-refractivity contribution in [2.75, 3.05) is 0 Å². The molecule has 1 aromatic carbocycles. The van der Waals surface area contributed by atoms with Gasteiger partial charge in [-0.1, -0.05) is 30.3 Å². The Morgan fingerprint density at radius 1 is 1.18 bits per heavy atom. The molecule has 28 heavy (non-hydrogen) atoms. The molecule has 9 nitrogen and oxygen atoms in total. The van der Waals surface area contributed by atoms with Gasteiger partial charge < -0.3 is 5.11 Å². The number of imidazole rings is 1. The van der Waals surface area contributed by atoms with E-state index in [2.05, 4.69) is 15.1 Å². The van der Waals surface area contributed by atoms with Crippen molar-refractivity contribution in [3.05, 3.63) is 74.2 Å². The van der Waals surface area contributed by atoms with Crippen LogP contribution in [0.15, 0.2) is 46.0 Å². The van der Waals surface area contributed by atoms with E-state index in [0.29, 0.717) is 11.5 Å². The van der Waals surface area contributed by atoms with Crippen LogP contribution in [0.1, 0.15) is 23.1 Å². The number of rotatable bonds is 4. The van der Waals surface area contributed by atoms with E-state index in [1.54, 1.807) is 9.25 Å². The van der Waals surface area contributed by atoms with Gasteiger partial charge in [-0.05, 0) is 25.5 Å². The number of hydrogen-bond donors (Lipinski definition) is 2. The predicted molar refractivity (Wildman–Crippen MR) is 104 cm³/mol. The Hall–Kier alpha value is -3.46. The number of fused-ring (bicyclic) bond motifs is 1. The van der Waals surface area contributed by atoms with Crippen molar-refractivity contribution in [3.63, 3.8) is 0 Å². The number of aromatic nitrogens is 6. The molecule has 0 aliphatic carbocycles. The zero-order valence-corrected chi connectivity index (χ0v) is 15.7. The fraction of sp³-hybridized carbons (Fsp3) is 0.263. The van der Waals surface area contributed by atoms with E-state index in [9.17, 15) is 14.7 Å². The second-order valence-corrected chi connectivity index (χ2v) is 6.78. The van der Waals surface area contributed by atoms with Crippen molar-refractivity contribution >= 4 is 11.2 Å². The molecule has 9 heteroatoms. The van der Waals surface area contributed by atoms with E-state index in [1.165, 1.54) is 11.6 Å². The summed E-state index contributed by atoms with van der Waals surface area (Å²) in [6, 6.07) is 11.1. The minimum Gasteiger partial charge on any atom is -0.387 e. The lowest BCUT2D eigenvalue weighted by molar-refractivity contribution is 0.157. The van der Waals surface area contributed by atoms with Gasteiger partial charge in [0.15, 0.2) is 11.2 Å². The molecule has 0 bridgehead atoms. The molecule has 144 valence electrons. The van der Waals surface area contributed by atoms with Crippen LogP contribution in [0.4, 0.5) is 0 Å². The first kappa shape index (κ1) is 17.9. The Morgan fingerprint density at radius 2 is 1.89 bits per heavy atom. The van der Waals surface area contributed by atoms with Gasteiger partial charge in [-0.15, -0.1) is 0 Å². The highest BCUT2D eigenvalue weighted by molar-refractivity contribution is 5.72. The summed E-state index contributed by atoms with van der Waals surface area (Å²) >= 11 is 0. The molecule has 2 N–H and O–H groups in total. The zero-order chi connectivity index (χ0) is 20.0. The maximum atomic E-state index is 12.6. The first-order valence-corrected chi connectivity index (χ1v) is 8.83. The van der Waals surface area contributed by atoms with E-state index < -0.39 is 17.4 Å². The molecule has 0 aliphatic rings. The summed E-state index contributed by atoms with van der Waals surface area (Å²) in [4.78, 5) is 31.4.